The molecule has 0 heterocycles. The SMILES string of the molecule is Cc1cc(CC(N)C(=O)O)cc(C)c1N. The Balaban J connectivity index is 2.92. The van der Waals surface area contributed by atoms with Gasteiger partial charge in [-0.2, -0.15) is 0 Å². The second-order valence-corrected chi connectivity index (χ2v) is 3.79. The van der Waals surface area contributed by atoms with Crippen LogP contribution < -0.4 is 11.5 Å². The summed E-state index contributed by atoms with van der Waals surface area (Å²) in [5, 5.41) is 8.69. The van der Waals surface area contributed by atoms with E-state index in [-0.39, 0.29) is 0 Å². The lowest BCUT2D eigenvalue weighted by molar-refractivity contribution is -0.138. The van der Waals surface area contributed by atoms with E-state index in [1.807, 2.05) is 26.0 Å². The summed E-state index contributed by atoms with van der Waals surface area (Å²) in [6.07, 6.45) is 0.331. The number of hydrogen-bond acceptors (Lipinski definition) is 3. The van der Waals surface area contributed by atoms with Crippen molar-refractivity contribution in [3.8, 4) is 0 Å². The molecule has 1 atom stereocenters. The maximum atomic E-state index is 10.6. The van der Waals surface area contributed by atoms with Crippen LogP contribution in [0.25, 0.3) is 0 Å². The fourth-order valence-corrected chi connectivity index (χ4v) is 1.52. The first kappa shape index (κ1) is 11.5. The first-order chi connectivity index (χ1) is 6.91. The third kappa shape index (κ3) is 2.70. The highest BCUT2D eigenvalue weighted by Gasteiger charge is 2.13. The molecular weight excluding hydrogens is 192 g/mol. The molecule has 0 fully saturated rings. The normalized spacial score (nSPS) is 12.5. The van der Waals surface area contributed by atoms with Crippen LogP contribution in [0.3, 0.4) is 0 Å². The van der Waals surface area contributed by atoms with Gasteiger partial charge in [0.05, 0.1) is 0 Å². The number of rotatable bonds is 3. The lowest BCUT2D eigenvalue weighted by Crippen LogP contribution is -2.32. The molecule has 1 aromatic rings. The van der Waals surface area contributed by atoms with E-state index in [1.54, 1.807) is 0 Å². The molecule has 5 N–H and O–H groups in total. The Morgan fingerprint density at radius 3 is 2.27 bits per heavy atom. The summed E-state index contributed by atoms with van der Waals surface area (Å²) in [5.41, 5.74) is 14.8. The average Bonchev–Trinajstić information content (AvgIpc) is 2.13. The molecular formula is C11H16N2O2. The van der Waals surface area contributed by atoms with Crippen LogP contribution in [0.15, 0.2) is 12.1 Å². The maximum Gasteiger partial charge on any atom is 0.320 e. The molecule has 1 aromatic carbocycles. The Kier molecular flexibility index (Phi) is 3.31. The average molecular weight is 208 g/mol. The molecule has 0 saturated heterocycles. The van der Waals surface area contributed by atoms with Gasteiger partial charge in [-0.1, -0.05) is 12.1 Å². The van der Waals surface area contributed by atoms with Crippen molar-refractivity contribution >= 4 is 11.7 Å². The largest absolute Gasteiger partial charge is 0.480 e. The van der Waals surface area contributed by atoms with Crippen molar-refractivity contribution in [3.05, 3.63) is 28.8 Å². The van der Waals surface area contributed by atoms with Gasteiger partial charge in [0.25, 0.3) is 0 Å². The quantitative estimate of drug-likeness (QED) is 0.642. The van der Waals surface area contributed by atoms with Gasteiger partial charge in [-0.25, -0.2) is 0 Å². The van der Waals surface area contributed by atoms with Crippen LogP contribution in [0.2, 0.25) is 0 Å². The summed E-state index contributed by atoms with van der Waals surface area (Å²) in [4.78, 5) is 10.6. The number of aryl methyl sites for hydroxylation is 2. The summed E-state index contributed by atoms with van der Waals surface area (Å²) < 4.78 is 0. The molecule has 0 radical (unpaired) electrons. The molecule has 4 nitrogen and oxygen atoms in total. The molecule has 82 valence electrons. The number of nitrogens with two attached hydrogens (primary N) is 2. The molecule has 0 saturated carbocycles. The van der Waals surface area contributed by atoms with Gasteiger partial charge in [0, 0.05) is 5.69 Å². The van der Waals surface area contributed by atoms with Crippen LogP contribution in [0.1, 0.15) is 16.7 Å². The van der Waals surface area contributed by atoms with Crippen molar-refractivity contribution in [2.75, 3.05) is 5.73 Å². The van der Waals surface area contributed by atoms with Crippen LogP contribution in [-0.2, 0) is 11.2 Å². The predicted octanol–water partition coefficient (Wildman–Crippen LogP) is 0.840. The monoisotopic (exact) mass is 208 g/mol. The molecule has 1 unspecified atom stereocenters. The Labute approximate surface area is 88.9 Å². The minimum Gasteiger partial charge on any atom is -0.480 e. The Bertz CT molecular complexity index is 365. The van der Waals surface area contributed by atoms with Crippen LogP contribution in [0.4, 0.5) is 5.69 Å². The molecule has 0 aromatic heterocycles. The molecule has 0 aliphatic rings. The molecule has 1 rings (SSSR count). The smallest absolute Gasteiger partial charge is 0.320 e. The van der Waals surface area contributed by atoms with Gasteiger partial charge in [-0.3, -0.25) is 4.79 Å². The second-order valence-electron chi connectivity index (χ2n) is 3.79. The van der Waals surface area contributed by atoms with Gasteiger partial charge in [0.1, 0.15) is 6.04 Å². The summed E-state index contributed by atoms with van der Waals surface area (Å²) in [5.74, 6) is -0.984. The summed E-state index contributed by atoms with van der Waals surface area (Å²) in [7, 11) is 0. The predicted molar refractivity (Wildman–Crippen MR) is 59.6 cm³/mol. The number of nitrogen functional groups attached to an aromatic ring is 1. The topological polar surface area (TPSA) is 89.3 Å². The minimum absolute atomic E-state index is 0.331. The van der Waals surface area contributed by atoms with Crippen LogP contribution in [-0.4, -0.2) is 17.1 Å². The van der Waals surface area contributed by atoms with Gasteiger partial charge in [0.2, 0.25) is 0 Å². The van der Waals surface area contributed by atoms with E-state index in [0.717, 1.165) is 22.4 Å². The molecule has 0 aliphatic heterocycles. The molecule has 0 aliphatic carbocycles. The first-order valence-corrected chi connectivity index (χ1v) is 4.75. The van der Waals surface area contributed by atoms with Crippen LogP contribution >= 0.6 is 0 Å². The van der Waals surface area contributed by atoms with E-state index in [9.17, 15) is 4.79 Å². The zero-order valence-electron chi connectivity index (χ0n) is 8.95. The molecule has 0 bridgehead atoms. The Morgan fingerprint density at radius 2 is 1.87 bits per heavy atom. The van der Waals surface area contributed by atoms with E-state index in [1.165, 1.54) is 0 Å². The van der Waals surface area contributed by atoms with Gasteiger partial charge in [-0.05, 0) is 37.0 Å². The van der Waals surface area contributed by atoms with E-state index < -0.39 is 12.0 Å². The summed E-state index contributed by atoms with van der Waals surface area (Å²) in [6.45, 7) is 3.80. The van der Waals surface area contributed by atoms with E-state index in [2.05, 4.69) is 0 Å². The highest BCUT2D eigenvalue weighted by atomic mass is 16.4. The lowest BCUT2D eigenvalue weighted by Gasteiger charge is -2.10. The minimum atomic E-state index is -0.984. The molecule has 4 heteroatoms. The number of carboxylic acids is 1. The van der Waals surface area contributed by atoms with Crippen molar-refractivity contribution in [1.29, 1.82) is 0 Å². The van der Waals surface area contributed by atoms with E-state index in [0.29, 0.717) is 6.42 Å². The number of benzene rings is 1. The Morgan fingerprint density at radius 1 is 1.40 bits per heavy atom. The third-order valence-corrected chi connectivity index (χ3v) is 2.43. The third-order valence-electron chi connectivity index (χ3n) is 2.43. The van der Waals surface area contributed by atoms with Gasteiger partial charge in [-0.15, -0.1) is 0 Å². The standard InChI is InChI=1S/C11H16N2O2/c1-6-3-8(4-7(2)10(6)13)5-9(12)11(14)15/h3-4,9H,5,12-13H2,1-2H3,(H,14,15). The van der Waals surface area contributed by atoms with Crippen molar-refractivity contribution < 1.29 is 9.90 Å². The first-order valence-electron chi connectivity index (χ1n) is 4.75. The van der Waals surface area contributed by atoms with E-state index >= 15 is 0 Å². The number of carbonyl (C=O) groups is 1. The maximum absolute atomic E-state index is 10.6. The highest BCUT2D eigenvalue weighted by molar-refractivity contribution is 5.73. The summed E-state index contributed by atoms with van der Waals surface area (Å²) >= 11 is 0. The van der Waals surface area contributed by atoms with Crippen molar-refractivity contribution in [1.82, 2.24) is 0 Å². The Hall–Kier alpha value is -1.55. The van der Waals surface area contributed by atoms with Crippen LogP contribution in [0.5, 0.6) is 0 Å². The van der Waals surface area contributed by atoms with Crippen molar-refractivity contribution in [2.45, 2.75) is 26.3 Å². The number of anilines is 1. The number of aliphatic carboxylic acids is 1. The van der Waals surface area contributed by atoms with Crippen molar-refractivity contribution in [2.24, 2.45) is 5.73 Å². The zero-order chi connectivity index (χ0) is 11.6. The molecule has 0 amide bonds. The summed E-state index contributed by atoms with van der Waals surface area (Å²) in [6, 6.07) is 2.91. The zero-order valence-corrected chi connectivity index (χ0v) is 8.95. The van der Waals surface area contributed by atoms with E-state index in [4.69, 9.17) is 16.6 Å². The lowest BCUT2D eigenvalue weighted by atomic mass is 10.00. The fraction of sp³-hybridized carbons (Fsp3) is 0.364. The number of carboxylic acid groups (broad SMARTS) is 1. The van der Waals surface area contributed by atoms with Gasteiger partial charge in [0.15, 0.2) is 0 Å². The van der Waals surface area contributed by atoms with Crippen molar-refractivity contribution in [3.63, 3.8) is 0 Å². The highest BCUT2D eigenvalue weighted by Crippen LogP contribution is 2.19. The molecule has 15 heavy (non-hydrogen) atoms. The van der Waals surface area contributed by atoms with Gasteiger partial charge >= 0.3 is 5.97 Å². The molecule has 0 spiro atoms. The van der Waals surface area contributed by atoms with Crippen LogP contribution in [0, 0.1) is 13.8 Å². The van der Waals surface area contributed by atoms with Gasteiger partial charge < -0.3 is 16.6 Å². The number of hydrogen-bond donors (Lipinski definition) is 3. The fourth-order valence-electron chi connectivity index (χ4n) is 1.52. The second kappa shape index (κ2) is 4.31.